The molecule has 5 heterocycles. The van der Waals surface area contributed by atoms with E-state index in [-0.39, 0.29) is 25.8 Å². The van der Waals surface area contributed by atoms with Gasteiger partial charge in [0.2, 0.25) is 11.7 Å². The molecule has 0 aliphatic rings. The average Bonchev–Trinajstić information content (AvgIpc) is 3.93. The topological polar surface area (TPSA) is 69.9 Å². The summed E-state index contributed by atoms with van der Waals surface area (Å²) >= 11 is 0. The van der Waals surface area contributed by atoms with Gasteiger partial charge in [-0.3, -0.25) is 4.98 Å². The number of benzene rings is 5. The summed E-state index contributed by atoms with van der Waals surface area (Å²) in [5.41, 5.74) is 10.3. The Bertz CT molecular complexity index is 3160. The Labute approximate surface area is 363 Å². The van der Waals surface area contributed by atoms with Gasteiger partial charge in [-0.2, -0.15) is 9.37 Å². The summed E-state index contributed by atoms with van der Waals surface area (Å²) in [5.74, 6) is 1.46. The van der Waals surface area contributed by atoms with Crippen LogP contribution < -0.4 is 5.19 Å². The predicted octanol–water partition coefficient (Wildman–Crippen LogP) is 13.1. The molecule has 10 rings (SSSR count). The number of imidazole rings is 1. The molecule has 0 aliphatic carbocycles. The number of hydrogen-bond donors (Lipinski definition) is 0. The fourth-order valence-electron chi connectivity index (χ4n) is 7.98. The molecule has 0 bridgehead atoms. The number of furan rings is 2. The molecule has 0 spiro atoms. The van der Waals surface area contributed by atoms with Crippen molar-refractivity contribution in [2.24, 2.45) is 11.8 Å². The summed E-state index contributed by atoms with van der Waals surface area (Å²) in [6.07, 6.45) is 3.27. The summed E-state index contributed by atoms with van der Waals surface area (Å²) < 4.78 is 28.6. The third kappa shape index (κ3) is 7.51. The largest absolute Gasteiger partial charge is 0.486 e. The molecule has 10 aromatic rings. The van der Waals surface area contributed by atoms with E-state index < -0.39 is 14.0 Å². The Balaban J connectivity index is 0.000000187. The van der Waals surface area contributed by atoms with Gasteiger partial charge in [-0.25, -0.2) is 0 Å². The van der Waals surface area contributed by atoms with Crippen LogP contribution >= 0.6 is 0 Å². The van der Waals surface area contributed by atoms with Gasteiger partial charge in [0.25, 0.3) is 0 Å². The number of para-hydroxylation sites is 4. The molecule has 1 radical (unpaired) electrons. The molecule has 0 N–H and O–H groups in total. The summed E-state index contributed by atoms with van der Waals surface area (Å²) in [5, 5.41) is 5.21. The summed E-state index contributed by atoms with van der Waals surface area (Å²) in [6, 6.07) is 44.2. The number of nitrogens with zero attached hydrogens (tertiary/aromatic N) is 4. The minimum Gasteiger partial charge on any atom is -0.486 e. The molecule has 9 heteroatoms. The molecule has 0 saturated heterocycles. The number of halogens is 1. The van der Waals surface area contributed by atoms with Gasteiger partial charge in [-0.15, -0.1) is 53.6 Å². The van der Waals surface area contributed by atoms with Crippen LogP contribution in [0.4, 0.5) is 4.39 Å². The Morgan fingerprint density at radius 1 is 0.783 bits per heavy atom. The van der Waals surface area contributed by atoms with Gasteiger partial charge < -0.3 is 18.4 Å². The number of fused-ring (bicyclic) bond motifs is 7. The molecule has 1 unspecified atom stereocenters. The first-order valence-corrected chi connectivity index (χ1v) is 23.7. The van der Waals surface area contributed by atoms with Crippen molar-refractivity contribution in [3.05, 3.63) is 151 Å². The minimum absolute atomic E-state index is 0. The summed E-state index contributed by atoms with van der Waals surface area (Å²) in [6.45, 7) is 16.2. The van der Waals surface area contributed by atoms with Gasteiger partial charge in [0.05, 0.1) is 36.2 Å². The zero-order valence-corrected chi connectivity index (χ0v) is 38.1. The third-order valence-electron chi connectivity index (χ3n) is 11.4. The van der Waals surface area contributed by atoms with Crippen LogP contribution in [-0.4, -0.2) is 27.6 Å². The number of pyridine rings is 2. The van der Waals surface area contributed by atoms with Gasteiger partial charge in [0, 0.05) is 42.5 Å². The zero-order valence-electron chi connectivity index (χ0n) is 34.7. The molecule has 5 aromatic carbocycles. The molecule has 1 atom stereocenters. The van der Waals surface area contributed by atoms with Crippen LogP contribution in [0.1, 0.15) is 31.9 Å². The van der Waals surface area contributed by atoms with Crippen LogP contribution in [-0.2, 0) is 26.5 Å². The molecule has 0 aliphatic heterocycles. The van der Waals surface area contributed by atoms with Gasteiger partial charge in [-0.1, -0.05) is 112 Å². The number of aromatic nitrogens is 4. The van der Waals surface area contributed by atoms with Crippen molar-refractivity contribution in [1.82, 2.24) is 19.5 Å². The van der Waals surface area contributed by atoms with Gasteiger partial charge >= 0.3 is 0 Å². The first-order chi connectivity index (χ1) is 28.5. The molecule has 303 valence electrons. The van der Waals surface area contributed by atoms with Crippen LogP contribution in [0.2, 0.25) is 19.6 Å². The molecule has 60 heavy (non-hydrogen) atoms. The van der Waals surface area contributed by atoms with E-state index in [9.17, 15) is 4.39 Å². The van der Waals surface area contributed by atoms with E-state index in [1.54, 1.807) is 6.07 Å². The van der Waals surface area contributed by atoms with Crippen LogP contribution in [0.15, 0.2) is 130 Å². The number of rotatable bonds is 7. The third-order valence-corrected chi connectivity index (χ3v) is 13.5. The van der Waals surface area contributed by atoms with E-state index in [1.165, 1.54) is 16.8 Å². The Hall–Kier alpha value is -5.73. The Morgan fingerprint density at radius 2 is 1.55 bits per heavy atom. The fourth-order valence-corrected chi connectivity index (χ4v) is 9.57. The number of hydrogen-bond acceptors (Lipinski definition) is 5. The van der Waals surface area contributed by atoms with Crippen molar-refractivity contribution in [1.29, 1.82) is 0 Å². The summed E-state index contributed by atoms with van der Waals surface area (Å²) in [4.78, 5) is 13.7. The Kier molecular flexibility index (Phi) is 11.2. The smallest absolute Gasteiger partial charge is 0.218 e. The van der Waals surface area contributed by atoms with E-state index in [1.807, 2.05) is 79.7 Å². The monoisotopic (exact) mass is 985 g/mol. The maximum absolute atomic E-state index is 13.9. The second kappa shape index (κ2) is 16.4. The van der Waals surface area contributed by atoms with Crippen molar-refractivity contribution in [3.8, 4) is 28.3 Å². The molecule has 0 fully saturated rings. The fraction of sp³-hybridized carbons (Fsp3) is 0.196. The number of aryl methyl sites for hydroxylation is 1. The van der Waals surface area contributed by atoms with E-state index in [0.717, 1.165) is 72.7 Å². The van der Waals surface area contributed by atoms with E-state index in [2.05, 4.69) is 98.6 Å². The Morgan fingerprint density at radius 3 is 2.33 bits per heavy atom. The molecular weight excluding hydrogens is 940 g/mol. The van der Waals surface area contributed by atoms with Crippen molar-refractivity contribution < 1.29 is 33.3 Å². The standard InChI is InChI=1S/C31H17FN3O2.C20H28NSi.Ir/c1-17-13-14-21(29-27(17)20-15-16-26(32)34-31(20)37-29)30-33-22-9-3-4-10-23(22)35(30)24-11-6-8-19-18-7-2-5-12-25(18)36-28(19)24;1-15(2)16(3)12-18-13-19(17-10-8-7-9-11-17)21-14-20(18)22(4,5)6;/h2-13,15-16H,1H3;7-10,13-16H,12H2,1-6H3;/q2*-1;. The van der Waals surface area contributed by atoms with Crippen LogP contribution in [0, 0.1) is 36.8 Å². The maximum atomic E-state index is 13.9. The average molecular weight is 985 g/mol. The van der Waals surface area contributed by atoms with E-state index in [0.29, 0.717) is 28.8 Å². The molecule has 0 amide bonds. The maximum Gasteiger partial charge on any atom is 0.218 e. The van der Waals surface area contributed by atoms with Gasteiger partial charge in [0.15, 0.2) is 5.58 Å². The zero-order chi connectivity index (χ0) is 41.0. The van der Waals surface area contributed by atoms with Crippen LogP contribution in [0.5, 0.6) is 0 Å². The SMILES string of the molecule is CC(C)C(C)Cc1cc(-c2[c-]cccc2)ncc1[Si](C)(C)C.Cc1c[c-]c(-c2nc3ccccc3n2-c2cccc3c2oc2ccccc23)c2oc3nc(F)ccc3c12.[Ir]. The molecule has 0 saturated carbocycles. The predicted molar refractivity (Wildman–Crippen MR) is 242 cm³/mol. The quantitative estimate of drug-likeness (QED) is 0.0904. The second-order valence-electron chi connectivity index (χ2n) is 16.8. The van der Waals surface area contributed by atoms with Crippen molar-refractivity contribution in [2.75, 3.05) is 0 Å². The molecule has 5 aromatic heterocycles. The molecular formula is C51H45FIrN4O2Si-2. The van der Waals surface area contributed by atoms with Crippen molar-refractivity contribution in [2.45, 2.75) is 53.8 Å². The van der Waals surface area contributed by atoms with Crippen LogP contribution in [0.25, 0.3) is 83.4 Å². The van der Waals surface area contributed by atoms with Gasteiger partial charge in [-0.05, 0) is 65.5 Å². The first-order valence-electron chi connectivity index (χ1n) is 20.2. The van der Waals surface area contributed by atoms with E-state index >= 15 is 0 Å². The van der Waals surface area contributed by atoms with Crippen molar-refractivity contribution >= 4 is 68.3 Å². The van der Waals surface area contributed by atoms with Crippen LogP contribution in [0.3, 0.4) is 0 Å². The van der Waals surface area contributed by atoms with Crippen molar-refractivity contribution in [3.63, 3.8) is 0 Å². The van der Waals surface area contributed by atoms with Gasteiger partial charge in [0.1, 0.15) is 5.58 Å². The minimum atomic E-state index is -1.38. The second-order valence-corrected chi connectivity index (χ2v) is 21.9. The van der Waals surface area contributed by atoms with E-state index in [4.69, 9.17) is 18.8 Å². The first kappa shape index (κ1) is 41.0. The summed E-state index contributed by atoms with van der Waals surface area (Å²) in [7, 11) is -1.38. The normalized spacial score (nSPS) is 12.3. The molecule has 6 nitrogen and oxygen atoms in total.